The van der Waals surface area contributed by atoms with E-state index in [0.29, 0.717) is 0 Å². The summed E-state index contributed by atoms with van der Waals surface area (Å²) < 4.78 is 0. The van der Waals surface area contributed by atoms with Gasteiger partial charge in [-0.05, 0) is 74.5 Å². The van der Waals surface area contributed by atoms with Gasteiger partial charge in [-0.1, -0.05) is 31.2 Å². The monoisotopic (exact) mass is 257 g/mol. The van der Waals surface area contributed by atoms with Crippen LogP contribution in [0.2, 0.25) is 0 Å². The minimum absolute atomic E-state index is 0.800. The summed E-state index contributed by atoms with van der Waals surface area (Å²) in [7, 11) is 0. The van der Waals surface area contributed by atoms with Gasteiger partial charge in [0.05, 0.1) is 0 Å². The van der Waals surface area contributed by atoms with Crippen molar-refractivity contribution >= 4 is 0 Å². The molecule has 1 heteroatoms. The summed E-state index contributed by atoms with van der Waals surface area (Å²) in [6.07, 6.45) is 9.79. The lowest BCUT2D eigenvalue weighted by atomic mass is 9.78. The normalized spacial score (nSPS) is 30.3. The number of nitrogens with one attached hydrogen (secondary N) is 1. The molecule has 1 aromatic rings. The van der Waals surface area contributed by atoms with Crippen LogP contribution < -0.4 is 5.32 Å². The van der Waals surface area contributed by atoms with E-state index in [2.05, 4.69) is 36.5 Å². The molecule has 1 saturated carbocycles. The Morgan fingerprint density at radius 1 is 1.16 bits per heavy atom. The molecule has 0 spiro atoms. The van der Waals surface area contributed by atoms with Gasteiger partial charge in [-0.15, -0.1) is 0 Å². The summed E-state index contributed by atoms with van der Waals surface area (Å²) in [5, 5.41) is 3.63. The Morgan fingerprint density at radius 2 is 2.05 bits per heavy atom. The van der Waals surface area contributed by atoms with Crippen molar-refractivity contribution in [3.05, 3.63) is 35.4 Å². The Morgan fingerprint density at radius 3 is 2.95 bits per heavy atom. The molecule has 2 aliphatic carbocycles. The van der Waals surface area contributed by atoms with E-state index in [4.69, 9.17) is 0 Å². The molecule has 1 N–H and O–H groups in total. The van der Waals surface area contributed by atoms with Crippen LogP contribution in [0.25, 0.3) is 0 Å². The van der Waals surface area contributed by atoms with Crippen molar-refractivity contribution in [2.45, 2.75) is 63.8 Å². The molecule has 0 saturated heterocycles. The maximum atomic E-state index is 3.63. The molecule has 0 radical (unpaired) electrons. The third-order valence-corrected chi connectivity index (χ3v) is 5.15. The first-order chi connectivity index (χ1) is 9.36. The first kappa shape index (κ1) is 13.2. The smallest absolute Gasteiger partial charge is 0.00696 e. The Balaban J connectivity index is 1.62. The van der Waals surface area contributed by atoms with Crippen LogP contribution in [0, 0.1) is 5.92 Å². The Labute approximate surface area is 117 Å². The summed E-state index contributed by atoms with van der Waals surface area (Å²) in [4.78, 5) is 0. The highest BCUT2D eigenvalue weighted by molar-refractivity contribution is 5.32. The van der Waals surface area contributed by atoms with Gasteiger partial charge in [-0.25, -0.2) is 0 Å². The standard InChI is InChI=1S/C18H27N/c1-2-19-17-11-10-14(13-17)12-16-8-5-7-15-6-3-4-9-18(15)16/h3-4,6,9,14,16-17,19H,2,5,7-8,10-13H2,1H3. The van der Waals surface area contributed by atoms with E-state index < -0.39 is 0 Å². The van der Waals surface area contributed by atoms with Crippen LogP contribution in [0.1, 0.15) is 62.5 Å². The third-order valence-electron chi connectivity index (χ3n) is 5.15. The second-order valence-electron chi connectivity index (χ2n) is 6.46. The van der Waals surface area contributed by atoms with Crippen LogP contribution >= 0.6 is 0 Å². The van der Waals surface area contributed by atoms with Gasteiger partial charge >= 0.3 is 0 Å². The quantitative estimate of drug-likeness (QED) is 0.849. The molecule has 0 bridgehead atoms. The highest BCUT2D eigenvalue weighted by Gasteiger charge is 2.28. The zero-order chi connectivity index (χ0) is 13.1. The van der Waals surface area contributed by atoms with Crippen LogP contribution in [0.3, 0.4) is 0 Å². The Bertz CT molecular complexity index is 412. The number of aryl methyl sites for hydroxylation is 1. The number of benzene rings is 1. The second kappa shape index (κ2) is 6.09. The highest BCUT2D eigenvalue weighted by atomic mass is 14.9. The van der Waals surface area contributed by atoms with E-state index in [0.717, 1.165) is 24.4 Å². The molecule has 3 unspecified atom stereocenters. The Hall–Kier alpha value is -0.820. The maximum Gasteiger partial charge on any atom is 0.00696 e. The van der Waals surface area contributed by atoms with Crippen molar-refractivity contribution in [2.75, 3.05) is 6.54 Å². The predicted molar refractivity (Wildman–Crippen MR) is 81.5 cm³/mol. The predicted octanol–water partition coefficient (Wildman–Crippen LogP) is 4.27. The van der Waals surface area contributed by atoms with E-state index in [9.17, 15) is 0 Å². The average Bonchev–Trinajstić information content (AvgIpc) is 2.87. The first-order valence-electron chi connectivity index (χ1n) is 8.18. The van der Waals surface area contributed by atoms with E-state index >= 15 is 0 Å². The summed E-state index contributed by atoms with van der Waals surface area (Å²) >= 11 is 0. The molecule has 0 aliphatic heterocycles. The van der Waals surface area contributed by atoms with Crippen LogP contribution in [0.4, 0.5) is 0 Å². The lowest BCUT2D eigenvalue weighted by molar-refractivity contribution is 0.399. The van der Waals surface area contributed by atoms with Gasteiger partial charge < -0.3 is 5.32 Å². The number of rotatable bonds is 4. The van der Waals surface area contributed by atoms with E-state index in [1.165, 1.54) is 44.9 Å². The summed E-state index contributed by atoms with van der Waals surface area (Å²) in [5.74, 6) is 1.80. The molecular formula is C18H27N. The molecule has 1 fully saturated rings. The lowest BCUT2D eigenvalue weighted by Crippen LogP contribution is -2.26. The fraction of sp³-hybridized carbons (Fsp3) is 0.667. The average molecular weight is 257 g/mol. The molecule has 0 aromatic heterocycles. The van der Waals surface area contributed by atoms with Crippen molar-refractivity contribution < 1.29 is 0 Å². The molecule has 1 aromatic carbocycles. The molecule has 0 heterocycles. The van der Waals surface area contributed by atoms with E-state index in [1.54, 1.807) is 11.1 Å². The summed E-state index contributed by atoms with van der Waals surface area (Å²) in [5.41, 5.74) is 3.29. The topological polar surface area (TPSA) is 12.0 Å². The minimum Gasteiger partial charge on any atom is -0.314 e. The highest BCUT2D eigenvalue weighted by Crippen LogP contribution is 2.40. The van der Waals surface area contributed by atoms with Crippen molar-refractivity contribution in [1.82, 2.24) is 5.32 Å². The fourth-order valence-electron chi connectivity index (χ4n) is 4.26. The molecule has 0 amide bonds. The number of hydrogen-bond acceptors (Lipinski definition) is 1. The zero-order valence-electron chi connectivity index (χ0n) is 12.2. The number of hydrogen-bond donors (Lipinski definition) is 1. The van der Waals surface area contributed by atoms with Crippen LogP contribution in [0.5, 0.6) is 0 Å². The van der Waals surface area contributed by atoms with E-state index in [1.807, 2.05) is 0 Å². The van der Waals surface area contributed by atoms with Gasteiger partial charge in [-0.3, -0.25) is 0 Å². The molecule has 104 valence electrons. The van der Waals surface area contributed by atoms with Gasteiger partial charge in [-0.2, -0.15) is 0 Å². The molecule has 3 rings (SSSR count). The van der Waals surface area contributed by atoms with Crippen LogP contribution in [-0.4, -0.2) is 12.6 Å². The van der Waals surface area contributed by atoms with E-state index in [-0.39, 0.29) is 0 Å². The van der Waals surface area contributed by atoms with Crippen molar-refractivity contribution in [2.24, 2.45) is 5.92 Å². The largest absolute Gasteiger partial charge is 0.314 e. The van der Waals surface area contributed by atoms with Crippen LogP contribution in [0.15, 0.2) is 24.3 Å². The molecule has 3 atom stereocenters. The van der Waals surface area contributed by atoms with Crippen molar-refractivity contribution in [3.63, 3.8) is 0 Å². The van der Waals surface area contributed by atoms with Gasteiger partial charge in [0, 0.05) is 6.04 Å². The molecule has 1 nitrogen and oxygen atoms in total. The number of fused-ring (bicyclic) bond motifs is 1. The molecular weight excluding hydrogens is 230 g/mol. The third kappa shape index (κ3) is 3.02. The molecule has 2 aliphatic rings. The SMILES string of the molecule is CCNC1CCC(CC2CCCc3ccccc32)C1. The van der Waals surface area contributed by atoms with Gasteiger partial charge in [0.2, 0.25) is 0 Å². The lowest BCUT2D eigenvalue weighted by Gasteiger charge is -2.27. The van der Waals surface area contributed by atoms with Crippen molar-refractivity contribution in [3.8, 4) is 0 Å². The fourth-order valence-corrected chi connectivity index (χ4v) is 4.26. The first-order valence-corrected chi connectivity index (χ1v) is 8.18. The van der Waals surface area contributed by atoms with Crippen LogP contribution in [-0.2, 0) is 6.42 Å². The second-order valence-corrected chi connectivity index (χ2v) is 6.46. The Kier molecular flexibility index (Phi) is 4.22. The molecule has 19 heavy (non-hydrogen) atoms. The van der Waals surface area contributed by atoms with Gasteiger partial charge in [0.15, 0.2) is 0 Å². The van der Waals surface area contributed by atoms with Crippen molar-refractivity contribution in [1.29, 1.82) is 0 Å². The van der Waals surface area contributed by atoms with Gasteiger partial charge in [0.1, 0.15) is 0 Å². The minimum atomic E-state index is 0.800. The maximum absolute atomic E-state index is 3.63. The zero-order valence-corrected chi connectivity index (χ0v) is 12.2. The summed E-state index contributed by atoms with van der Waals surface area (Å²) in [6, 6.07) is 9.97. The summed E-state index contributed by atoms with van der Waals surface area (Å²) in [6.45, 7) is 3.36. The van der Waals surface area contributed by atoms with Gasteiger partial charge in [0.25, 0.3) is 0 Å².